The van der Waals surface area contributed by atoms with Crippen molar-refractivity contribution in [2.75, 3.05) is 13.2 Å². The summed E-state index contributed by atoms with van der Waals surface area (Å²) in [4.78, 5) is 38.0. The van der Waals surface area contributed by atoms with E-state index in [1.165, 1.54) is 12.1 Å². The van der Waals surface area contributed by atoms with Gasteiger partial charge >= 0.3 is 5.97 Å². The second-order valence-electron chi connectivity index (χ2n) is 6.72. The molecule has 29 heavy (non-hydrogen) atoms. The van der Waals surface area contributed by atoms with Crippen LogP contribution < -0.4 is 10.5 Å². The molecule has 0 aromatic heterocycles. The zero-order valence-electron chi connectivity index (χ0n) is 15.6. The fraction of sp³-hybridized carbons (Fsp3) is 0.238. The smallest absolute Gasteiger partial charge is 0.341 e. The number of nitrogens with two attached hydrogens (primary N) is 1. The van der Waals surface area contributed by atoms with Crippen molar-refractivity contribution in [3.63, 3.8) is 0 Å². The molecule has 4 N–H and O–H groups in total. The number of ketones is 1. The Hall–Kier alpha value is -3.68. The number of likely N-dealkylation sites (tertiary alicyclic amines) is 1. The van der Waals surface area contributed by atoms with Crippen LogP contribution in [0.3, 0.4) is 0 Å². The van der Waals surface area contributed by atoms with E-state index in [0.29, 0.717) is 35.4 Å². The Morgan fingerprint density at radius 1 is 1.03 bits per heavy atom. The molecule has 3 rings (SSSR count). The number of carbonyl (C=O) groups is 3. The standard InChI is InChI=1S/C21H21N3O5/c22-20(23)14-3-5-15(6-4-14)21(28)24-11-1-2-17(24)19(27)13-7-9-16(10-8-13)29-12-18(25)26/h3-10,17H,1-2,11-12H2,(H3,22,23)(H,25,26)/t17-/m1/s1. The van der Waals surface area contributed by atoms with Gasteiger partial charge in [0.05, 0.1) is 6.04 Å². The van der Waals surface area contributed by atoms with E-state index in [4.69, 9.17) is 21.0 Å². The fourth-order valence-corrected chi connectivity index (χ4v) is 3.29. The average Bonchev–Trinajstić information content (AvgIpc) is 3.21. The highest BCUT2D eigenvalue weighted by molar-refractivity contribution is 6.05. The molecular formula is C21H21N3O5. The van der Waals surface area contributed by atoms with Gasteiger partial charge in [-0.1, -0.05) is 12.1 Å². The first-order valence-electron chi connectivity index (χ1n) is 9.11. The average molecular weight is 395 g/mol. The number of nitrogens with one attached hydrogen (secondary N) is 1. The molecule has 2 aromatic rings. The highest BCUT2D eigenvalue weighted by Crippen LogP contribution is 2.24. The number of Topliss-reactive ketones (excluding diaryl/α,β-unsaturated/α-hetero) is 1. The lowest BCUT2D eigenvalue weighted by molar-refractivity contribution is -0.139. The van der Waals surface area contributed by atoms with E-state index in [1.54, 1.807) is 41.3 Å². The molecule has 0 unspecified atom stereocenters. The van der Waals surface area contributed by atoms with Crippen molar-refractivity contribution in [1.82, 2.24) is 4.90 Å². The number of amidine groups is 1. The van der Waals surface area contributed by atoms with Gasteiger partial charge in [-0.05, 0) is 49.2 Å². The van der Waals surface area contributed by atoms with Crippen molar-refractivity contribution >= 4 is 23.5 Å². The number of amides is 1. The number of nitrogens with zero attached hydrogens (tertiary/aromatic N) is 1. The van der Waals surface area contributed by atoms with Crippen molar-refractivity contribution < 1.29 is 24.2 Å². The first-order valence-corrected chi connectivity index (χ1v) is 9.11. The number of benzene rings is 2. The summed E-state index contributed by atoms with van der Waals surface area (Å²) in [5.41, 5.74) is 6.84. The second kappa shape index (κ2) is 8.55. The van der Waals surface area contributed by atoms with Crippen molar-refractivity contribution in [1.29, 1.82) is 5.41 Å². The number of nitrogen functional groups attached to an aromatic ring is 1. The number of carbonyl (C=O) groups excluding carboxylic acids is 2. The van der Waals surface area contributed by atoms with Crippen molar-refractivity contribution in [3.05, 3.63) is 65.2 Å². The Morgan fingerprint density at radius 2 is 1.62 bits per heavy atom. The maximum Gasteiger partial charge on any atom is 0.341 e. The van der Waals surface area contributed by atoms with Gasteiger partial charge < -0.3 is 20.5 Å². The molecule has 0 radical (unpaired) electrons. The van der Waals surface area contributed by atoms with Gasteiger partial charge in [0.15, 0.2) is 12.4 Å². The van der Waals surface area contributed by atoms with Crippen LogP contribution in [0.4, 0.5) is 0 Å². The van der Waals surface area contributed by atoms with Crippen LogP contribution in [-0.4, -0.2) is 52.7 Å². The predicted octanol–water partition coefficient (Wildman–Crippen LogP) is 1.92. The molecule has 1 aliphatic heterocycles. The maximum atomic E-state index is 12.9. The summed E-state index contributed by atoms with van der Waals surface area (Å²) in [5, 5.41) is 16.1. The second-order valence-corrected chi connectivity index (χ2v) is 6.72. The van der Waals surface area contributed by atoms with Gasteiger partial charge in [0.2, 0.25) is 0 Å². The molecule has 8 nitrogen and oxygen atoms in total. The molecule has 2 aromatic carbocycles. The quantitative estimate of drug-likeness (QED) is 0.373. The van der Waals surface area contributed by atoms with E-state index < -0.39 is 18.6 Å². The highest BCUT2D eigenvalue weighted by atomic mass is 16.5. The Morgan fingerprint density at radius 3 is 2.21 bits per heavy atom. The van der Waals surface area contributed by atoms with Crippen LogP contribution in [0, 0.1) is 5.41 Å². The number of hydrogen-bond acceptors (Lipinski definition) is 5. The van der Waals surface area contributed by atoms with Crippen LogP contribution >= 0.6 is 0 Å². The summed E-state index contributed by atoms with van der Waals surface area (Å²) in [5.74, 6) is -1.21. The van der Waals surface area contributed by atoms with Crippen LogP contribution in [0.25, 0.3) is 0 Å². The number of carboxylic acids is 1. The summed E-state index contributed by atoms with van der Waals surface area (Å²) in [6.07, 6.45) is 1.31. The number of hydrogen-bond donors (Lipinski definition) is 3. The van der Waals surface area contributed by atoms with E-state index in [0.717, 1.165) is 6.42 Å². The van der Waals surface area contributed by atoms with Gasteiger partial charge in [-0.15, -0.1) is 0 Å². The summed E-state index contributed by atoms with van der Waals surface area (Å²) in [6, 6.07) is 12.1. The monoisotopic (exact) mass is 395 g/mol. The van der Waals surface area contributed by atoms with Crippen LogP contribution in [0.1, 0.15) is 39.1 Å². The van der Waals surface area contributed by atoms with E-state index in [-0.39, 0.29) is 17.5 Å². The van der Waals surface area contributed by atoms with Crippen LogP contribution in [-0.2, 0) is 4.79 Å². The van der Waals surface area contributed by atoms with Gasteiger partial charge in [0, 0.05) is 23.2 Å². The van der Waals surface area contributed by atoms with Crippen LogP contribution in [0.2, 0.25) is 0 Å². The van der Waals surface area contributed by atoms with E-state index >= 15 is 0 Å². The highest BCUT2D eigenvalue weighted by Gasteiger charge is 2.34. The number of ether oxygens (including phenoxy) is 1. The first kappa shape index (κ1) is 20.1. The first-order chi connectivity index (χ1) is 13.9. The van der Waals surface area contributed by atoms with E-state index in [1.807, 2.05) is 0 Å². The van der Waals surface area contributed by atoms with Gasteiger partial charge in [0.1, 0.15) is 11.6 Å². The fourth-order valence-electron chi connectivity index (χ4n) is 3.29. The zero-order chi connectivity index (χ0) is 21.0. The molecule has 1 amide bonds. The lowest BCUT2D eigenvalue weighted by atomic mass is 10.0. The summed E-state index contributed by atoms with van der Waals surface area (Å²) < 4.78 is 5.07. The Bertz CT molecular complexity index is 938. The lowest BCUT2D eigenvalue weighted by Gasteiger charge is -2.24. The number of rotatable bonds is 7. The Labute approximate surface area is 167 Å². The molecule has 0 saturated carbocycles. The molecule has 1 heterocycles. The molecule has 1 aliphatic rings. The molecule has 0 aliphatic carbocycles. The van der Waals surface area contributed by atoms with Crippen molar-refractivity contribution in [2.24, 2.45) is 5.73 Å². The van der Waals surface area contributed by atoms with Crippen molar-refractivity contribution in [2.45, 2.75) is 18.9 Å². The van der Waals surface area contributed by atoms with Crippen molar-refractivity contribution in [3.8, 4) is 5.75 Å². The third-order valence-electron chi connectivity index (χ3n) is 4.76. The van der Waals surface area contributed by atoms with E-state index in [2.05, 4.69) is 0 Å². The minimum absolute atomic E-state index is 0.0750. The molecule has 1 atom stereocenters. The normalized spacial score (nSPS) is 15.7. The van der Waals surface area contributed by atoms with Crippen LogP contribution in [0.5, 0.6) is 5.75 Å². The summed E-state index contributed by atoms with van der Waals surface area (Å²) >= 11 is 0. The van der Waals surface area contributed by atoms with Gasteiger partial charge in [-0.2, -0.15) is 0 Å². The zero-order valence-corrected chi connectivity index (χ0v) is 15.6. The molecule has 8 heteroatoms. The Balaban J connectivity index is 1.72. The molecule has 1 saturated heterocycles. The summed E-state index contributed by atoms with van der Waals surface area (Å²) in [7, 11) is 0. The van der Waals surface area contributed by atoms with Gasteiger partial charge in [-0.3, -0.25) is 15.0 Å². The summed E-state index contributed by atoms with van der Waals surface area (Å²) in [6.45, 7) is 0.0319. The third kappa shape index (κ3) is 4.60. The van der Waals surface area contributed by atoms with Gasteiger partial charge in [-0.25, -0.2) is 4.79 Å². The maximum absolute atomic E-state index is 12.9. The third-order valence-corrected chi connectivity index (χ3v) is 4.76. The molecule has 1 fully saturated rings. The largest absolute Gasteiger partial charge is 0.482 e. The van der Waals surface area contributed by atoms with Gasteiger partial charge in [0.25, 0.3) is 5.91 Å². The Kier molecular flexibility index (Phi) is 5.92. The molecular weight excluding hydrogens is 374 g/mol. The molecule has 0 spiro atoms. The lowest BCUT2D eigenvalue weighted by Crippen LogP contribution is -2.40. The van der Waals surface area contributed by atoms with E-state index in [9.17, 15) is 14.4 Å². The molecule has 0 bridgehead atoms. The number of carboxylic acid groups (broad SMARTS) is 1. The number of aliphatic carboxylic acids is 1. The molecule has 150 valence electrons. The predicted molar refractivity (Wildman–Crippen MR) is 105 cm³/mol. The SMILES string of the molecule is N=C(N)c1ccc(C(=O)N2CCC[C@@H]2C(=O)c2ccc(OCC(=O)O)cc2)cc1. The minimum atomic E-state index is -1.08. The minimum Gasteiger partial charge on any atom is -0.482 e. The van der Waals surface area contributed by atoms with Crippen LogP contribution in [0.15, 0.2) is 48.5 Å². The topological polar surface area (TPSA) is 134 Å².